The van der Waals surface area contributed by atoms with E-state index in [1.165, 1.54) is 9.08 Å². The number of nitrogens with one attached hydrogen (secondary N) is 1. The normalized spacial score (nSPS) is 21.6. The Morgan fingerprint density at radius 3 is 2.64 bits per heavy atom. The number of aliphatic hydroxyl groups is 1. The zero-order valence-corrected chi connectivity index (χ0v) is 24.5. The second kappa shape index (κ2) is 10.6. The van der Waals surface area contributed by atoms with Crippen molar-refractivity contribution in [2.45, 2.75) is 38.3 Å². The lowest BCUT2D eigenvalue weighted by Gasteiger charge is -2.47. The predicted octanol–water partition coefficient (Wildman–Crippen LogP) is 2.62. The Balaban J connectivity index is 1.32. The molecule has 6 heterocycles. The van der Waals surface area contributed by atoms with Gasteiger partial charge in [0.15, 0.2) is 11.5 Å². The van der Waals surface area contributed by atoms with E-state index in [1.54, 1.807) is 37.4 Å². The lowest BCUT2D eigenvalue weighted by atomic mass is 9.75. The van der Waals surface area contributed by atoms with Crippen molar-refractivity contribution in [3.8, 4) is 17.5 Å². The summed E-state index contributed by atoms with van der Waals surface area (Å²) < 4.78 is 3.03. The number of hydrogen-bond donors (Lipinski definition) is 3. The summed E-state index contributed by atoms with van der Waals surface area (Å²) in [4.78, 5) is 39.4. The fraction of sp³-hybridized carbons (Fsp3) is 0.303. The zero-order chi connectivity index (χ0) is 30.6. The Labute approximate surface area is 253 Å². The van der Waals surface area contributed by atoms with Gasteiger partial charge in [-0.25, -0.2) is 14.5 Å². The van der Waals surface area contributed by atoms with Crippen LogP contribution in [-0.4, -0.2) is 65.3 Å². The van der Waals surface area contributed by atoms with Crippen molar-refractivity contribution in [2.75, 3.05) is 25.4 Å². The first kappa shape index (κ1) is 27.8. The van der Waals surface area contributed by atoms with Crippen molar-refractivity contribution in [3.05, 3.63) is 93.8 Å². The van der Waals surface area contributed by atoms with Crippen LogP contribution in [0.1, 0.15) is 53.2 Å². The van der Waals surface area contributed by atoms with Gasteiger partial charge in [0.05, 0.1) is 22.6 Å². The van der Waals surface area contributed by atoms with Crippen molar-refractivity contribution in [1.29, 1.82) is 0 Å². The molecule has 5 aromatic rings. The van der Waals surface area contributed by atoms with Gasteiger partial charge in [0.2, 0.25) is 0 Å². The summed E-state index contributed by atoms with van der Waals surface area (Å²) in [7, 11) is 0. The molecule has 1 amide bonds. The minimum Gasteiger partial charge on any atom is -0.381 e. The van der Waals surface area contributed by atoms with Crippen LogP contribution in [0.5, 0.6) is 0 Å². The number of para-hydroxylation sites is 1. The summed E-state index contributed by atoms with van der Waals surface area (Å²) in [6.07, 6.45) is 3.42. The standard InChI is InChI=1S/C33H32N8O3/c1-20-12-16-35-30-27(28(34)38-41(20)30)31(42)36-21(2)29-37-25-10-6-7-22(11-15-33(44)19-39-17-13-23(33)14-18-39)26(25)32(43)40(29)24-8-4-3-5-9-24/h3-10,12,16,21,23,44H,13-14,17-19H2,1-2H3,(H2,34,38)(H,36,42). The molecule has 3 aromatic heterocycles. The molecular weight excluding hydrogens is 556 g/mol. The number of benzene rings is 2. The van der Waals surface area contributed by atoms with Crippen molar-refractivity contribution >= 4 is 28.3 Å². The number of piperidine rings is 3. The fourth-order valence-electron chi connectivity index (χ4n) is 6.45. The topological polar surface area (TPSA) is 144 Å². The van der Waals surface area contributed by atoms with Gasteiger partial charge >= 0.3 is 0 Å². The highest BCUT2D eigenvalue weighted by Gasteiger charge is 2.44. The molecule has 3 aliphatic heterocycles. The van der Waals surface area contributed by atoms with Crippen LogP contribution >= 0.6 is 0 Å². The first-order chi connectivity index (χ1) is 21.2. The van der Waals surface area contributed by atoms with Crippen molar-refractivity contribution < 1.29 is 9.90 Å². The molecule has 2 atom stereocenters. The summed E-state index contributed by atoms with van der Waals surface area (Å²) in [5, 5.41) is 19.0. The molecule has 2 bridgehead atoms. The number of carbonyl (C=O) groups excluding carboxylic acids is 1. The molecule has 8 rings (SSSR count). The number of anilines is 1. The number of nitrogens with two attached hydrogens (primary N) is 1. The Bertz CT molecular complexity index is 2050. The van der Waals surface area contributed by atoms with Crippen LogP contribution < -0.4 is 16.6 Å². The summed E-state index contributed by atoms with van der Waals surface area (Å²) in [5.74, 6) is 6.30. The van der Waals surface area contributed by atoms with Gasteiger partial charge in [-0.05, 0) is 70.1 Å². The number of nitrogens with zero attached hydrogens (tertiary/aromatic N) is 6. The van der Waals surface area contributed by atoms with Gasteiger partial charge in [0, 0.05) is 29.9 Å². The van der Waals surface area contributed by atoms with Gasteiger partial charge in [-0.3, -0.25) is 19.1 Å². The van der Waals surface area contributed by atoms with E-state index in [0.29, 0.717) is 40.2 Å². The molecule has 2 unspecified atom stereocenters. The minimum absolute atomic E-state index is 0.0521. The van der Waals surface area contributed by atoms with E-state index >= 15 is 0 Å². The molecule has 11 heteroatoms. The summed E-state index contributed by atoms with van der Waals surface area (Å²) in [6, 6.07) is 15.6. The molecule has 0 radical (unpaired) electrons. The monoisotopic (exact) mass is 588 g/mol. The molecule has 11 nitrogen and oxygen atoms in total. The second-order valence-corrected chi connectivity index (χ2v) is 11.6. The molecule has 4 N–H and O–H groups in total. The first-order valence-corrected chi connectivity index (χ1v) is 14.7. The van der Waals surface area contributed by atoms with E-state index in [0.717, 1.165) is 31.6 Å². The van der Waals surface area contributed by atoms with Crippen LogP contribution in [0.25, 0.3) is 22.2 Å². The van der Waals surface area contributed by atoms with Gasteiger partial charge in [-0.15, -0.1) is 5.10 Å². The van der Waals surface area contributed by atoms with Crippen LogP contribution in [0.2, 0.25) is 0 Å². The molecule has 2 aromatic carbocycles. The van der Waals surface area contributed by atoms with Gasteiger partial charge in [0.1, 0.15) is 17.0 Å². The van der Waals surface area contributed by atoms with E-state index < -0.39 is 17.6 Å². The largest absolute Gasteiger partial charge is 0.381 e. The molecule has 0 spiro atoms. The van der Waals surface area contributed by atoms with E-state index in [9.17, 15) is 14.7 Å². The Morgan fingerprint density at radius 2 is 1.91 bits per heavy atom. The summed E-state index contributed by atoms with van der Waals surface area (Å²) in [6.45, 7) is 6.07. The number of nitrogen functional groups attached to an aromatic ring is 1. The number of aryl methyl sites for hydroxylation is 1. The maximum absolute atomic E-state index is 14.3. The molecule has 3 aliphatic rings. The van der Waals surface area contributed by atoms with Crippen molar-refractivity contribution in [3.63, 3.8) is 0 Å². The highest BCUT2D eigenvalue weighted by molar-refractivity contribution is 6.04. The van der Waals surface area contributed by atoms with E-state index in [2.05, 4.69) is 32.1 Å². The van der Waals surface area contributed by atoms with Crippen LogP contribution in [0.4, 0.5) is 5.82 Å². The van der Waals surface area contributed by atoms with Crippen molar-refractivity contribution in [2.24, 2.45) is 5.92 Å². The summed E-state index contributed by atoms with van der Waals surface area (Å²) >= 11 is 0. The van der Waals surface area contributed by atoms with Crippen molar-refractivity contribution in [1.82, 2.24) is 34.4 Å². The van der Waals surface area contributed by atoms with Crippen LogP contribution in [-0.2, 0) is 0 Å². The average Bonchev–Trinajstić information content (AvgIpc) is 3.38. The average molecular weight is 589 g/mol. The Kier molecular flexibility index (Phi) is 6.68. The van der Waals surface area contributed by atoms with Gasteiger partial charge in [0.25, 0.3) is 11.5 Å². The third-order valence-corrected chi connectivity index (χ3v) is 8.78. The molecule has 222 valence electrons. The predicted molar refractivity (Wildman–Crippen MR) is 166 cm³/mol. The third kappa shape index (κ3) is 4.59. The van der Waals surface area contributed by atoms with Gasteiger partial charge < -0.3 is 16.2 Å². The van der Waals surface area contributed by atoms with Gasteiger partial charge in [-0.2, -0.15) is 0 Å². The SMILES string of the molecule is Cc1ccnc2c(C(=O)NC(C)c3nc4cccc(C#CC5(O)CN6CCC5CC6)c4c(=O)n3-c3ccccc3)c(N)nn12. The maximum atomic E-state index is 14.3. The first-order valence-electron chi connectivity index (χ1n) is 14.7. The fourth-order valence-corrected chi connectivity index (χ4v) is 6.45. The highest BCUT2D eigenvalue weighted by atomic mass is 16.3. The highest BCUT2D eigenvalue weighted by Crippen LogP contribution is 2.35. The molecule has 0 aliphatic carbocycles. The van der Waals surface area contributed by atoms with Gasteiger partial charge in [-0.1, -0.05) is 36.1 Å². The minimum atomic E-state index is -1.11. The smallest absolute Gasteiger partial charge is 0.267 e. The van der Waals surface area contributed by atoms with E-state index in [-0.39, 0.29) is 22.9 Å². The Hall–Kier alpha value is -5.05. The summed E-state index contributed by atoms with van der Waals surface area (Å²) in [5.41, 5.74) is 7.52. The molecule has 44 heavy (non-hydrogen) atoms. The second-order valence-electron chi connectivity index (χ2n) is 11.6. The number of amides is 1. The molecule has 3 fully saturated rings. The Morgan fingerprint density at radius 1 is 1.14 bits per heavy atom. The number of rotatable bonds is 4. The third-order valence-electron chi connectivity index (χ3n) is 8.78. The molecule has 0 saturated carbocycles. The van der Waals surface area contributed by atoms with Crippen LogP contribution in [0.15, 0.2) is 65.6 Å². The number of fused-ring (bicyclic) bond motifs is 5. The number of hydrogen-bond acceptors (Lipinski definition) is 8. The lowest BCUT2D eigenvalue weighted by molar-refractivity contribution is -0.0713. The zero-order valence-electron chi connectivity index (χ0n) is 24.5. The van der Waals surface area contributed by atoms with E-state index in [1.807, 2.05) is 37.3 Å². The number of carbonyl (C=O) groups is 1. The maximum Gasteiger partial charge on any atom is 0.267 e. The lowest BCUT2D eigenvalue weighted by Crippen LogP contribution is -2.58. The van der Waals surface area contributed by atoms with Crippen LogP contribution in [0.3, 0.4) is 0 Å². The van der Waals surface area contributed by atoms with Crippen LogP contribution in [0, 0.1) is 24.7 Å². The molecular formula is C33H32N8O3. The number of aromatic nitrogens is 5. The van der Waals surface area contributed by atoms with E-state index in [4.69, 9.17) is 10.7 Å². The quantitative estimate of drug-likeness (QED) is 0.272. The molecule has 3 saturated heterocycles.